The Hall–Kier alpha value is -2.32. The quantitative estimate of drug-likeness (QED) is 0.614. The van der Waals surface area contributed by atoms with Gasteiger partial charge in [0.15, 0.2) is 0 Å². The van der Waals surface area contributed by atoms with Crippen molar-refractivity contribution in [2.45, 2.75) is 26.4 Å². The molecule has 0 bridgehead atoms. The van der Waals surface area contributed by atoms with Gasteiger partial charge in [-0.15, -0.1) is 0 Å². The minimum atomic E-state index is -0.304. The van der Waals surface area contributed by atoms with E-state index in [-0.39, 0.29) is 24.5 Å². The summed E-state index contributed by atoms with van der Waals surface area (Å²) < 4.78 is 8.07. The Kier molecular flexibility index (Phi) is 8.72. The number of hydrogen-bond acceptors (Lipinski definition) is 3. The average molecular weight is 465 g/mol. The second kappa shape index (κ2) is 11.0. The predicted octanol–water partition coefficient (Wildman–Crippen LogP) is 3.71. The number of aryl methyl sites for hydroxylation is 1. The van der Waals surface area contributed by atoms with E-state index in [0.29, 0.717) is 25.4 Å². The zero-order valence-corrected chi connectivity index (χ0v) is 19.0. The smallest absolute Gasteiger partial charge is 0.322 e. The molecule has 0 radical (unpaired) electrons. The highest BCUT2D eigenvalue weighted by molar-refractivity contribution is 9.10. The SMILES string of the molecule is COCCN(Cc1cccn1C)C(=O)CN(C(=O)Nc1ccc(Br)cc1)C(C)C. The van der Waals surface area contributed by atoms with Crippen LogP contribution < -0.4 is 5.32 Å². The molecule has 7 nitrogen and oxygen atoms in total. The van der Waals surface area contributed by atoms with Crippen LogP contribution in [0.5, 0.6) is 0 Å². The van der Waals surface area contributed by atoms with Crippen LogP contribution in [0, 0.1) is 0 Å². The van der Waals surface area contributed by atoms with Gasteiger partial charge in [-0.25, -0.2) is 4.79 Å². The molecule has 2 aromatic rings. The van der Waals surface area contributed by atoms with Crippen molar-refractivity contribution in [2.75, 3.05) is 32.1 Å². The Balaban J connectivity index is 2.08. The molecule has 0 fully saturated rings. The van der Waals surface area contributed by atoms with Crippen LogP contribution >= 0.6 is 15.9 Å². The van der Waals surface area contributed by atoms with Gasteiger partial charge in [-0.05, 0) is 50.2 Å². The third kappa shape index (κ3) is 6.90. The average Bonchev–Trinajstić information content (AvgIpc) is 3.08. The van der Waals surface area contributed by atoms with E-state index in [4.69, 9.17) is 4.74 Å². The van der Waals surface area contributed by atoms with E-state index in [9.17, 15) is 9.59 Å². The lowest BCUT2D eigenvalue weighted by Crippen LogP contribution is -2.48. The molecule has 1 heterocycles. The van der Waals surface area contributed by atoms with Crippen LogP contribution in [-0.4, -0.2) is 59.2 Å². The van der Waals surface area contributed by atoms with Gasteiger partial charge >= 0.3 is 6.03 Å². The molecule has 1 aromatic carbocycles. The number of methoxy groups -OCH3 is 1. The van der Waals surface area contributed by atoms with E-state index in [1.165, 1.54) is 4.90 Å². The molecular formula is C21H29BrN4O3. The predicted molar refractivity (Wildman–Crippen MR) is 118 cm³/mol. The molecule has 0 saturated carbocycles. The first kappa shape index (κ1) is 23.0. The normalized spacial score (nSPS) is 10.8. The second-order valence-electron chi connectivity index (χ2n) is 7.08. The summed E-state index contributed by atoms with van der Waals surface area (Å²) in [6.07, 6.45) is 1.94. The summed E-state index contributed by atoms with van der Waals surface area (Å²) in [6, 6.07) is 10.8. The van der Waals surface area contributed by atoms with E-state index in [1.54, 1.807) is 12.0 Å². The van der Waals surface area contributed by atoms with Crippen molar-refractivity contribution in [2.24, 2.45) is 7.05 Å². The lowest BCUT2D eigenvalue weighted by molar-refractivity contribution is -0.133. The Morgan fingerprint density at radius 1 is 1.21 bits per heavy atom. The highest BCUT2D eigenvalue weighted by Gasteiger charge is 2.24. The molecule has 8 heteroatoms. The lowest BCUT2D eigenvalue weighted by atomic mass is 10.3. The molecule has 0 saturated heterocycles. The molecule has 0 spiro atoms. The Morgan fingerprint density at radius 3 is 2.45 bits per heavy atom. The van der Waals surface area contributed by atoms with Crippen LogP contribution in [0.4, 0.5) is 10.5 Å². The molecule has 1 N–H and O–H groups in total. The van der Waals surface area contributed by atoms with E-state index >= 15 is 0 Å². The Morgan fingerprint density at radius 2 is 1.90 bits per heavy atom. The minimum absolute atomic E-state index is 0.00579. The first-order valence-corrected chi connectivity index (χ1v) is 10.3. The van der Waals surface area contributed by atoms with Crippen molar-refractivity contribution in [3.63, 3.8) is 0 Å². The number of nitrogens with one attached hydrogen (secondary N) is 1. The number of urea groups is 1. The number of carbonyl (C=O) groups is 2. The molecule has 0 aliphatic heterocycles. The Labute approximate surface area is 180 Å². The van der Waals surface area contributed by atoms with Gasteiger partial charge in [0.25, 0.3) is 0 Å². The molecule has 0 aliphatic carbocycles. The van der Waals surface area contributed by atoms with Crippen LogP contribution in [0.15, 0.2) is 47.1 Å². The number of amides is 3. The van der Waals surface area contributed by atoms with Crippen molar-refractivity contribution in [1.29, 1.82) is 0 Å². The summed E-state index contributed by atoms with van der Waals surface area (Å²) in [5.41, 5.74) is 1.70. The van der Waals surface area contributed by atoms with E-state index in [0.717, 1.165) is 10.2 Å². The molecule has 1 aromatic heterocycles. The zero-order valence-electron chi connectivity index (χ0n) is 17.4. The summed E-state index contributed by atoms with van der Waals surface area (Å²) in [6.45, 7) is 5.14. The molecule has 0 atom stereocenters. The summed E-state index contributed by atoms with van der Waals surface area (Å²) >= 11 is 3.38. The number of benzene rings is 1. The number of carbonyl (C=O) groups excluding carboxylic acids is 2. The van der Waals surface area contributed by atoms with Crippen molar-refractivity contribution in [3.05, 3.63) is 52.8 Å². The fourth-order valence-corrected chi connectivity index (χ4v) is 3.08. The Bertz CT molecular complexity index is 805. The maximum atomic E-state index is 13.0. The number of hydrogen-bond donors (Lipinski definition) is 1. The van der Waals surface area contributed by atoms with Crippen molar-refractivity contribution < 1.29 is 14.3 Å². The van der Waals surface area contributed by atoms with E-state index < -0.39 is 0 Å². The summed E-state index contributed by atoms with van der Waals surface area (Å²) in [5, 5.41) is 2.86. The number of anilines is 1. The van der Waals surface area contributed by atoms with Crippen LogP contribution in [0.25, 0.3) is 0 Å². The van der Waals surface area contributed by atoms with Crippen molar-refractivity contribution >= 4 is 33.6 Å². The van der Waals surface area contributed by atoms with Gasteiger partial charge in [-0.3, -0.25) is 4.79 Å². The van der Waals surface area contributed by atoms with Crippen LogP contribution in [-0.2, 0) is 23.1 Å². The molecule has 3 amide bonds. The van der Waals surface area contributed by atoms with Gasteiger partial charge in [-0.1, -0.05) is 15.9 Å². The number of rotatable bonds is 9. The minimum Gasteiger partial charge on any atom is -0.383 e. The molecular weight excluding hydrogens is 436 g/mol. The number of halogens is 1. The van der Waals surface area contributed by atoms with E-state index in [1.807, 2.05) is 68.1 Å². The molecule has 0 unspecified atom stereocenters. The molecule has 29 heavy (non-hydrogen) atoms. The fraction of sp³-hybridized carbons (Fsp3) is 0.429. The highest BCUT2D eigenvalue weighted by Crippen LogP contribution is 2.15. The van der Waals surface area contributed by atoms with Gasteiger partial charge in [0.05, 0.1) is 13.2 Å². The largest absolute Gasteiger partial charge is 0.383 e. The first-order valence-electron chi connectivity index (χ1n) is 9.52. The number of aromatic nitrogens is 1. The van der Waals surface area contributed by atoms with Crippen molar-refractivity contribution in [1.82, 2.24) is 14.4 Å². The number of nitrogens with zero attached hydrogens (tertiary/aromatic N) is 3. The standard InChI is InChI=1S/C21H29BrN4O3/c1-16(2)26(21(28)23-18-9-7-17(22)8-10-18)15-20(27)25(12-13-29-4)14-19-6-5-11-24(19)3/h5-11,16H,12-15H2,1-4H3,(H,23,28). The highest BCUT2D eigenvalue weighted by atomic mass is 79.9. The molecule has 158 valence electrons. The third-order valence-electron chi connectivity index (χ3n) is 4.61. The summed E-state index contributed by atoms with van der Waals surface area (Å²) in [7, 11) is 3.55. The van der Waals surface area contributed by atoms with Gasteiger partial charge in [0.1, 0.15) is 6.54 Å². The van der Waals surface area contributed by atoms with Gasteiger partial charge in [-0.2, -0.15) is 0 Å². The lowest BCUT2D eigenvalue weighted by Gasteiger charge is -2.30. The second-order valence-corrected chi connectivity index (χ2v) is 7.99. The summed E-state index contributed by atoms with van der Waals surface area (Å²) in [4.78, 5) is 29.1. The van der Waals surface area contributed by atoms with E-state index in [2.05, 4.69) is 21.2 Å². The monoisotopic (exact) mass is 464 g/mol. The van der Waals surface area contributed by atoms with Crippen LogP contribution in [0.1, 0.15) is 19.5 Å². The fourth-order valence-electron chi connectivity index (χ4n) is 2.81. The van der Waals surface area contributed by atoms with Gasteiger partial charge in [0, 0.05) is 48.8 Å². The number of ether oxygens (including phenoxy) is 1. The van der Waals surface area contributed by atoms with Crippen LogP contribution in [0.3, 0.4) is 0 Å². The summed E-state index contributed by atoms with van der Waals surface area (Å²) in [5.74, 6) is -0.122. The third-order valence-corrected chi connectivity index (χ3v) is 5.14. The maximum Gasteiger partial charge on any atom is 0.322 e. The van der Waals surface area contributed by atoms with Crippen LogP contribution in [0.2, 0.25) is 0 Å². The van der Waals surface area contributed by atoms with Crippen molar-refractivity contribution in [3.8, 4) is 0 Å². The molecule has 2 rings (SSSR count). The molecule has 0 aliphatic rings. The van der Waals surface area contributed by atoms with Gasteiger partial charge in [0.2, 0.25) is 5.91 Å². The maximum absolute atomic E-state index is 13.0. The first-order chi connectivity index (χ1) is 13.8. The zero-order chi connectivity index (χ0) is 21.4. The topological polar surface area (TPSA) is 66.8 Å². The van der Waals surface area contributed by atoms with Gasteiger partial charge < -0.3 is 24.4 Å².